The number of hydrogen-bond donors (Lipinski definition) is 6. The van der Waals surface area contributed by atoms with Gasteiger partial charge in [0.1, 0.15) is 12.4 Å². The Morgan fingerprint density at radius 2 is 0.949 bits per heavy atom. The summed E-state index contributed by atoms with van der Waals surface area (Å²) in [5.41, 5.74) is 4.42. The Morgan fingerprint density at radius 3 is 1.41 bits per heavy atom. The van der Waals surface area contributed by atoms with E-state index in [0.717, 1.165) is 106 Å². The third-order valence-corrected chi connectivity index (χ3v) is 12.8. The van der Waals surface area contributed by atoms with Crippen molar-refractivity contribution in [2.45, 2.75) is 70.8 Å². The summed E-state index contributed by atoms with van der Waals surface area (Å²) in [5, 5.41) is 40.3. The summed E-state index contributed by atoms with van der Waals surface area (Å²) in [5.74, 6) is -2.97. The first kappa shape index (κ1) is 43.8. The number of ether oxygens (including phenoxy) is 1. The first-order chi connectivity index (χ1) is 28.6. The average molecular weight is 811 g/mol. The molecule has 12 heteroatoms. The van der Waals surface area contributed by atoms with Crippen LogP contribution in [0.2, 0.25) is 0 Å². The molecule has 318 valence electrons. The summed E-state index contributed by atoms with van der Waals surface area (Å²) < 4.78 is 6.23. The van der Waals surface area contributed by atoms with Crippen molar-refractivity contribution in [3.05, 3.63) is 101 Å². The van der Waals surface area contributed by atoms with Crippen molar-refractivity contribution in [3.63, 3.8) is 0 Å². The van der Waals surface area contributed by atoms with Gasteiger partial charge in [-0.1, -0.05) is 60.7 Å². The monoisotopic (exact) mass is 810 g/mol. The van der Waals surface area contributed by atoms with E-state index in [9.17, 15) is 34.5 Å². The molecule has 3 aromatic rings. The maximum atomic E-state index is 14.2. The lowest BCUT2D eigenvalue weighted by Gasteiger charge is -2.28. The van der Waals surface area contributed by atoms with Crippen LogP contribution >= 0.6 is 0 Å². The van der Waals surface area contributed by atoms with Gasteiger partial charge in [0.15, 0.2) is 0 Å². The minimum atomic E-state index is -0.786. The maximum absolute atomic E-state index is 14.2. The minimum absolute atomic E-state index is 0.101. The molecule has 3 aliphatic heterocycles. The topological polar surface area (TPSA) is 178 Å². The van der Waals surface area contributed by atoms with Gasteiger partial charge in [-0.05, 0) is 155 Å². The quantitative estimate of drug-likeness (QED) is 0.0899. The predicted octanol–water partition coefficient (Wildman–Crippen LogP) is 5.07. The highest BCUT2D eigenvalue weighted by Gasteiger charge is 2.32. The highest BCUT2D eigenvalue weighted by molar-refractivity contribution is 5.79. The number of carboxylic acid groups (broad SMARTS) is 3. The molecule has 6 N–H and O–H groups in total. The van der Waals surface area contributed by atoms with E-state index in [1.807, 2.05) is 72.8 Å². The lowest BCUT2D eigenvalue weighted by Crippen LogP contribution is -2.36. The van der Waals surface area contributed by atoms with Gasteiger partial charge in [-0.15, -0.1) is 0 Å². The van der Waals surface area contributed by atoms with E-state index in [1.165, 1.54) is 0 Å². The number of rotatable bonds is 20. The Kier molecular flexibility index (Phi) is 16.3. The van der Waals surface area contributed by atoms with Gasteiger partial charge in [-0.2, -0.15) is 0 Å². The third-order valence-electron chi connectivity index (χ3n) is 12.8. The zero-order chi connectivity index (χ0) is 41.6. The van der Waals surface area contributed by atoms with Gasteiger partial charge in [0.2, 0.25) is 5.91 Å². The SMILES string of the molecule is O=C(O)C(Cc1cccc(CC(=O)N(CCOc2cccc(CC(C(=O)O)C3CCNCC3)c2)Cc2cccc(CC(C(=O)O)C3CCNCC3)c2)c1)C1CCNCC1. The number of hydrogen-bond acceptors (Lipinski definition) is 8. The smallest absolute Gasteiger partial charge is 0.307 e. The lowest BCUT2D eigenvalue weighted by atomic mass is 9.81. The van der Waals surface area contributed by atoms with Crippen LogP contribution in [0, 0.1) is 35.5 Å². The van der Waals surface area contributed by atoms with E-state index < -0.39 is 35.7 Å². The number of carbonyl (C=O) groups is 4. The van der Waals surface area contributed by atoms with Crippen LogP contribution in [0.25, 0.3) is 0 Å². The fourth-order valence-electron chi connectivity index (χ4n) is 9.42. The van der Waals surface area contributed by atoms with Crippen LogP contribution in [0.5, 0.6) is 5.75 Å². The maximum Gasteiger partial charge on any atom is 0.307 e. The van der Waals surface area contributed by atoms with Crippen LogP contribution in [0.4, 0.5) is 0 Å². The van der Waals surface area contributed by atoms with Crippen molar-refractivity contribution in [2.24, 2.45) is 35.5 Å². The number of piperidine rings is 3. The molecule has 0 spiro atoms. The molecule has 3 atom stereocenters. The molecule has 3 saturated heterocycles. The number of nitrogens with zero attached hydrogens (tertiary/aromatic N) is 1. The minimum Gasteiger partial charge on any atom is -0.492 e. The summed E-state index contributed by atoms with van der Waals surface area (Å²) >= 11 is 0. The molecule has 3 aromatic carbocycles. The van der Waals surface area contributed by atoms with Crippen molar-refractivity contribution >= 4 is 23.8 Å². The first-order valence-corrected chi connectivity index (χ1v) is 21.6. The molecule has 3 heterocycles. The summed E-state index contributed by atoms with van der Waals surface area (Å²) in [6.45, 7) is 5.72. The molecule has 3 aliphatic rings. The Hall–Kier alpha value is -4.78. The molecule has 0 aliphatic carbocycles. The van der Waals surface area contributed by atoms with Gasteiger partial charge < -0.3 is 40.9 Å². The van der Waals surface area contributed by atoms with Crippen LogP contribution < -0.4 is 20.7 Å². The number of benzene rings is 3. The molecule has 12 nitrogen and oxygen atoms in total. The first-order valence-electron chi connectivity index (χ1n) is 21.6. The van der Waals surface area contributed by atoms with Crippen molar-refractivity contribution < 1.29 is 39.2 Å². The number of carbonyl (C=O) groups excluding carboxylic acids is 1. The average Bonchev–Trinajstić information content (AvgIpc) is 3.24. The molecule has 1 amide bonds. The molecule has 6 rings (SSSR count). The molecule has 0 aromatic heterocycles. The van der Waals surface area contributed by atoms with Gasteiger partial charge in [-0.3, -0.25) is 19.2 Å². The van der Waals surface area contributed by atoms with E-state index in [4.69, 9.17) is 4.74 Å². The van der Waals surface area contributed by atoms with Crippen molar-refractivity contribution in [1.82, 2.24) is 20.9 Å². The van der Waals surface area contributed by atoms with Crippen molar-refractivity contribution in [1.29, 1.82) is 0 Å². The Morgan fingerprint density at radius 1 is 0.559 bits per heavy atom. The zero-order valence-electron chi connectivity index (χ0n) is 34.2. The molecule has 59 heavy (non-hydrogen) atoms. The zero-order valence-corrected chi connectivity index (χ0v) is 34.2. The largest absolute Gasteiger partial charge is 0.492 e. The molecule has 0 radical (unpaired) electrons. The van der Waals surface area contributed by atoms with Crippen LogP contribution in [0.3, 0.4) is 0 Å². The second-order valence-corrected chi connectivity index (χ2v) is 16.8. The highest BCUT2D eigenvalue weighted by Crippen LogP contribution is 2.29. The normalized spacial score (nSPS) is 18.4. The van der Waals surface area contributed by atoms with Gasteiger partial charge in [0, 0.05) is 6.54 Å². The molecular formula is C47H62N4O8. The van der Waals surface area contributed by atoms with Gasteiger partial charge >= 0.3 is 17.9 Å². The lowest BCUT2D eigenvalue weighted by molar-refractivity contribution is -0.145. The Bertz CT molecular complexity index is 1850. The number of aliphatic carboxylic acids is 3. The second kappa shape index (κ2) is 22.0. The van der Waals surface area contributed by atoms with E-state index in [1.54, 1.807) is 4.90 Å². The van der Waals surface area contributed by atoms with E-state index in [2.05, 4.69) is 16.0 Å². The van der Waals surface area contributed by atoms with E-state index >= 15 is 0 Å². The molecular weight excluding hydrogens is 749 g/mol. The summed E-state index contributed by atoms with van der Waals surface area (Å²) in [4.78, 5) is 53.0. The van der Waals surface area contributed by atoms with Crippen molar-refractivity contribution in [3.8, 4) is 5.75 Å². The summed E-state index contributed by atoms with van der Waals surface area (Å²) in [6, 6.07) is 23.1. The van der Waals surface area contributed by atoms with E-state index in [0.29, 0.717) is 31.6 Å². The van der Waals surface area contributed by atoms with Gasteiger partial charge in [0.25, 0.3) is 0 Å². The molecule has 0 bridgehead atoms. The fourth-order valence-corrected chi connectivity index (χ4v) is 9.42. The molecule has 3 unspecified atom stereocenters. The molecule has 3 fully saturated rings. The van der Waals surface area contributed by atoms with Gasteiger partial charge in [0.05, 0.1) is 30.7 Å². The predicted molar refractivity (Wildman–Crippen MR) is 225 cm³/mol. The van der Waals surface area contributed by atoms with E-state index in [-0.39, 0.29) is 43.2 Å². The summed E-state index contributed by atoms with van der Waals surface area (Å²) in [6.07, 6.45) is 6.36. The third kappa shape index (κ3) is 13.1. The van der Waals surface area contributed by atoms with Gasteiger partial charge in [-0.25, -0.2) is 0 Å². The Balaban J connectivity index is 1.16. The highest BCUT2D eigenvalue weighted by atomic mass is 16.5. The second-order valence-electron chi connectivity index (χ2n) is 16.8. The number of carboxylic acids is 3. The van der Waals surface area contributed by atoms with Crippen LogP contribution in [0.1, 0.15) is 66.3 Å². The number of nitrogens with one attached hydrogen (secondary N) is 3. The fraction of sp³-hybridized carbons (Fsp3) is 0.532. The van der Waals surface area contributed by atoms with Crippen LogP contribution in [0.15, 0.2) is 72.8 Å². The summed E-state index contributed by atoms with van der Waals surface area (Å²) in [7, 11) is 0. The van der Waals surface area contributed by atoms with Crippen LogP contribution in [-0.2, 0) is 51.4 Å². The molecule has 0 saturated carbocycles. The Labute approximate surface area is 348 Å². The van der Waals surface area contributed by atoms with Crippen LogP contribution in [-0.4, -0.2) is 96.5 Å². The van der Waals surface area contributed by atoms with Crippen molar-refractivity contribution in [2.75, 3.05) is 52.4 Å². The standard InChI is InChI=1S/C47H62N4O8/c52-44(30-34-6-1-4-32(24-34)27-41(45(53)54)37-10-16-48-17-11-37)51(31-36-8-2-5-33(25-36)28-42(46(55)56)38-12-18-49-19-13-38)22-23-59-40-9-3-7-35(26-40)29-43(47(57)58)39-14-20-50-21-15-39/h1-9,24-26,37-39,41-43,48-50H,10-23,27-31H2,(H,53,54)(H,55,56)(H,57,58). The number of amides is 1.